The van der Waals surface area contributed by atoms with Crippen LogP contribution >= 0.6 is 0 Å². The van der Waals surface area contributed by atoms with E-state index in [4.69, 9.17) is 9.47 Å². The highest BCUT2D eigenvalue weighted by Crippen LogP contribution is 2.27. The zero-order chi connectivity index (χ0) is 18.7. The SMILES string of the molecule is COc1cc(NC(=O)N2CCN(C3CCOCC3)C[C@@H]2C)c(C)cc1C. The molecule has 0 spiro atoms. The summed E-state index contributed by atoms with van der Waals surface area (Å²) in [5.41, 5.74) is 2.93. The summed E-state index contributed by atoms with van der Waals surface area (Å²) in [6.45, 7) is 10.5. The van der Waals surface area contributed by atoms with Crippen molar-refractivity contribution in [1.29, 1.82) is 0 Å². The van der Waals surface area contributed by atoms with E-state index in [1.165, 1.54) is 0 Å². The Hall–Kier alpha value is -1.79. The standard InChI is InChI=1S/C20H31N3O3/c1-14-11-15(2)19(25-4)12-18(14)21-20(24)23-8-7-22(13-16(23)3)17-5-9-26-10-6-17/h11-12,16-17H,5-10,13H2,1-4H3,(H,21,24)/t16-/m0/s1. The van der Waals surface area contributed by atoms with Crippen molar-refractivity contribution in [1.82, 2.24) is 9.80 Å². The lowest BCUT2D eigenvalue weighted by Crippen LogP contribution is -2.58. The van der Waals surface area contributed by atoms with Crippen LogP contribution in [0.5, 0.6) is 5.75 Å². The molecule has 2 heterocycles. The van der Waals surface area contributed by atoms with Crippen molar-refractivity contribution < 1.29 is 14.3 Å². The zero-order valence-corrected chi connectivity index (χ0v) is 16.4. The van der Waals surface area contributed by atoms with Gasteiger partial charge in [0, 0.05) is 56.7 Å². The van der Waals surface area contributed by atoms with Crippen molar-refractivity contribution >= 4 is 11.7 Å². The summed E-state index contributed by atoms with van der Waals surface area (Å²) in [4.78, 5) is 17.3. The number of piperazine rings is 1. The summed E-state index contributed by atoms with van der Waals surface area (Å²) in [7, 11) is 1.65. The maximum Gasteiger partial charge on any atom is 0.322 e. The summed E-state index contributed by atoms with van der Waals surface area (Å²) in [5, 5.41) is 3.08. The number of methoxy groups -OCH3 is 1. The molecular formula is C20H31N3O3. The van der Waals surface area contributed by atoms with Crippen LogP contribution in [0.2, 0.25) is 0 Å². The molecule has 1 aromatic carbocycles. The molecule has 0 radical (unpaired) electrons. The van der Waals surface area contributed by atoms with Gasteiger partial charge in [-0.25, -0.2) is 4.79 Å². The average Bonchev–Trinajstić information content (AvgIpc) is 2.64. The minimum absolute atomic E-state index is 0.0295. The number of nitrogens with zero attached hydrogens (tertiary/aromatic N) is 2. The summed E-state index contributed by atoms with van der Waals surface area (Å²) in [5.74, 6) is 0.795. The number of anilines is 1. The van der Waals surface area contributed by atoms with Crippen LogP contribution in [0.15, 0.2) is 12.1 Å². The van der Waals surface area contributed by atoms with Crippen LogP contribution in [0.3, 0.4) is 0 Å². The van der Waals surface area contributed by atoms with E-state index in [9.17, 15) is 4.79 Å². The van der Waals surface area contributed by atoms with E-state index >= 15 is 0 Å². The molecule has 0 bridgehead atoms. The van der Waals surface area contributed by atoms with Crippen molar-refractivity contribution in [2.75, 3.05) is 45.3 Å². The van der Waals surface area contributed by atoms with Gasteiger partial charge in [-0.15, -0.1) is 0 Å². The second-order valence-electron chi connectivity index (χ2n) is 7.45. The molecule has 6 heteroatoms. The molecule has 144 valence electrons. The van der Waals surface area contributed by atoms with Gasteiger partial charge in [-0.05, 0) is 44.7 Å². The Labute approximate surface area is 156 Å². The van der Waals surface area contributed by atoms with Crippen LogP contribution < -0.4 is 10.1 Å². The van der Waals surface area contributed by atoms with E-state index in [-0.39, 0.29) is 12.1 Å². The van der Waals surface area contributed by atoms with Gasteiger partial charge < -0.3 is 19.7 Å². The van der Waals surface area contributed by atoms with Crippen LogP contribution in [-0.4, -0.2) is 67.9 Å². The van der Waals surface area contributed by atoms with Crippen LogP contribution in [0.1, 0.15) is 30.9 Å². The third-order valence-corrected chi connectivity index (χ3v) is 5.61. The molecule has 3 rings (SSSR count). The first-order valence-electron chi connectivity index (χ1n) is 9.54. The minimum Gasteiger partial charge on any atom is -0.496 e. The van der Waals surface area contributed by atoms with E-state index in [0.29, 0.717) is 6.04 Å². The summed E-state index contributed by atoms with van der Waals surface area (Å²) < 4.78 is 10.9. The Morgan fingerprint density at radius 3 is 2.58 bits per heavy atom. The first-order valence-corrected chi connectivity index (χ1v) is 9.54. The summed E-state index contributed by atoms with van der Waals surface area (Å²) >= 11 is 0. The molecule has 26 heavy (non-hydrogen) atoms. The fourth-order valence-corrected chi connectivity index (χ4v) is 4.04. The van der Waals surface area contributed by atoms with Crippen molar-refractivity contribution in [2.24, 2.45) is 0 Å². The topological polar surface area (TPSA) is 54.0 Å². The Balaban J connectivity index is 1.62. The van der Waals surface area contributed by atoms with E-state index in [2.05, 4.69) is 17.1 Å². The first-order chi connectivity index (χ1) is 12.5. The van der Waals surface area contributed by atoms with Gasteiger partial charge in [-0.3, -0.25) is 4.90 Å². The lowest BCUT2D eigenvalue weighted by Gasteiger charge is -2.44. The number of carbonyl (C=O) groups excluding carboxylic acids is 1. The van der Waals surface area contributed by atoms with Crippen LogP contribution in [-0.2, 0) is 4.74 Å². The fraction of sp³-hybridized carbons (Fsp3) is 0.650. The normalized spacial score (nSPS) is 22.3. The van der Waals surface area contributed by atoms with E-state index in [1.54, 1.807) is 7.11 Å². The number of nitrogens with one attached hydrogen (secondary N) is 1. The summed E-state index contributed by atoms with van der Waals surface area (Å²) in [6.07, 6.45) is 2.20. The molecule has 6 nitrogen and oxygen atoms in total. The molecular weight excluding hydrogens is 330 g/mol. The number of rotatable bonds is 3. The number of aryl methyl sites for hydroxylation is 2. The molecule has 1 atom stereocenters. The van der Waals surface area contributed by atoms with Gasteiger partial charge >= 0.3 is 6.03 Å². The quantitative estimate of drug-likeness (QED) is 0.899. The maximum atomic E-state index is 12.8. The number of amides is 2. The monoisotopic (exact) mass is 361 g/mol. The zero-order valence-electron chi connectivity index (χ0n) is 16.4. The second kappa shape index (κ2) is 8.27. The van der Waals surface area contributed by atoms with Gasteiger partial charge in [0.2, 0.25) is 0 Å². The van der Waals surface area contributed by atoms with Crippen molar-refractivity contribution in [2.45, 2.75) is 45.7 Å². The third kappa shape index (κ3) is 4.13. The van der Waals surface area contributed by atoms with E-state index < -0.39 is 0 Å². The number of hydrogen-bond donors (Lipinski definition) is 1. The van der Waals surface area contributed by atoms with Crippen LogP contribution in [0.25, 0.3) is 0 Å². The Kier molecular flexibility index (Phi) is 6.04. The number of urea groups is 1. The molecule has 2 aliphatic heterocycles. The molecule has 2 fully saturated rings. The number of benzene rings is 1. The number of hydrogen-bond acceptors (Lipinski definition) is 4. The van der Waals surface area contributed by atoms with Crippen molar-refractivity contribution in [3.8, 4) is 5.75 Å². The number of carbonyl (C=O) groups is 1. The van der Waals surface area contributed by atoms with Gasteiger partial charge in [0.25, 0.3) is 0 Å². The van der Waals surface area contributed by atoms with Gasteiger partial charge in [0.05, 0.1) is 7.11 Å². The first kappa shape index (κ1) is 19.0. The average molecular weight is 361 g/mol. The van der Waals surface area contributed by atoms with Crippen LogP contribution in [0.4, 0.5) is 10.5 Å². The molecule has 0 unspecified atom stereocenters. The largest absolute Gasteiger partial charge is 0.496 e. The highest BCUT2D eigenvalue weighted by Gasteiger charge is 2.31. The third-order valence-electron chi connectivity index (χ3n) is 5.61. The van der Waals surface area contributed by atoms with Crippen molar-refractivity contribution in [3.63, 3.8) is 0 Å². The molecule has 2 aliphatic rings. The maximum absolute atomic E-state index is 12.8. The second-order valence-corrected chi connectivity index (χ2v) is 7.45. The minimum atomic E-state index is -0.0295. The van der Waals surface area contributed by atoms with E-state index in [0.717, 1.165) is 68.3 Å². The fourth-order valence-electron chi connectivity index (χ4n) is 4.04. The van der Waals surface area contributed by atoms with Crippen LogP contribution in [0, 0.1) is 13.8 Å². The van der Waals surface area contributed by atoms with Crippen molar-refractivity contribution in [3.05, 3.63) is 23.3 Å². The van der Waals surface area contributed by atoms with Gasteiger partial charge in [-0.1, -0.05) is 6.07 Å². The van der Waals surface area contributed by atoms with Gasteiger partial charge in [0.15, 0.2) is 0 Å². The number of ether oxygens (including phenoxy) is 2. The predicted octanol–water partition coefficient (Wildman–Crippen LogP) is 3.03. The Bertz CT molecular complexity index is 643. The summed E-state index contributed by atoms with van der Waals surface area (Å²) in [6, 6.07) is 4.71. The Morgan fingerprint density at radius 1 is 1.19 bits per heavy atom. The molecule has 0 aliphatic carbocycles. The Morgan fingerprint density at radius 2 is 1.92 bits per heavy atom. The molecule has 0 saturated carbocycles. The predicted molar refractivity (Wildman–Crippen MR) is 103 cm³/mol. The lowest BCUT2D eigenvalue weighted by molar-refractivity contribution is 0.00816. The lowest BCUT2D eigenvalue weighted by atomic mass is 10.0. The smallest absolute Gasteiger partial charge is 0.322 e. The molecule has 1 aromatic rings. The molecule has 0 aromatic heterocycles. The highest BCUT2D eigenvalue weighted by atomic mass is 16.5. The molecule has 2 saturated heterocycles. The highest BCUT2D eigenvalue weighted by molar-refractivity contribution is 5.90. The molecule has 1 N–H and O–H groups in total. The van der Waals surface area contributed by atoms with E-state index in [1.807, 2.05) is 30.9 Å². The molecule has 2 amide bonds. The van der Waals surface area contributed by atoms with Gasteiger partial charge in [-0.2, -0.15) is 0 Å². The van der Waals surface area contributed by atoms with Gasteiger partial charge in [0.1, 0.15) is 5.75 Å².